The number of nitrogens with zero attached hydrogens (tertiary/aromatic N) is 1. The smallest absolute Gasteiger partial charge is 0.336 e. The molecule has 1 amide bonds. The first kappa shape index (κ1) is 22.5. The molecule has 33 heavy (non-hydrogen) atoms. The van der Waals surface area contributed by atoms with Crippen LogP contribution >= 0.6 is 0 Å². The fraction of sp³-hybridized carbons (Fsp3) is 0.308. The Morgan fingerprint density at radius 1 is 1.15 bits per heavy atom. The molecule has 2 unspecified atom stereocenters. The third-order valence-electron chi connectivity index (χ3n) is 6.23. The number of carbonyl (C=O) groups is 3. The predicted octanol–water partition coefficient (Wildman–Crippen LogP) is 3.46. The minimum absolute atomic E-state index is 0.218. The number of hydrogen-bond acceptors (Lipinski definition) is 6. The zero-order valence-electron chi connectivity index (χ0n) is 18.6. The van der Waals surface area contributed by atoms with Gasteiger partial charge in [-0.3, -0.25) is 9.59 Å². The number of aryl methyl sites for hydroxylation is 1. The van der Waals surface area contributed by atoms with E-state index in [1.54, 1.807) is 18.2 Å². The number of ether oxygens (including phenoxy) is 1. The average Bonchev–Trinajstić information content (AvgIpc) is 2.83. The molecule has 2 aromatic carbocycles. The van der Waals surface area contributed by atoms with Crippen molar-refractivity contribution in [2.45, 2.75) is 25.7 Å². The van der Waals surface area contributed by atoms with Crippen LogP contribution in [0.3, 0.4) is 0 Å². The maximum absolute atomic E-state index is 13.2. The van der Waals surface area contributed by atoms with Gasteiger partial charge in [-0.25, -0.2) is 4.79 Å². The van der Waals surface area contributed by atoms with Gasteiger partial charge in [0.2, 0.25) is 5.91 Å². The van der Waals surface area contributed by atoms with Crippen molar-refractivity contribution >= 4 is 29.1 Å². The Balaban J connectivity index is 1.69. The van der Waals surface area contributed by atoms with Crippen LogP contribution in [0.1, 0.15) is 29.9 Å². The van der Waals surface area contributed by atoms with E-state index in [1.165, 1.54) is 18.1 Å². The third-order valence-corrected chi connectivity index (χ3v) is 6.23. The summed E-state index contributed by atoms with van der Waals surface area (Å²) in [4.78, 5) is 50.9. The van der Waals surface area contributed by atoms with Crippen molar-refractivity contribution in [3.8, 4) is 11.1 Å². The normalized spacial score (nSPS) is 16.9. The molecule has 1 aliphatic rings. The number of methoxy groups -OCH3 is 1. The molecule has 0 spiro atoms. The van der Waals surface area contributed by atoms with Crippen molar-refractivity contribution in [2.75, 3.05) is 20.2 Å². The molecule has 7 heteroatoms. The van der Waals surface area contributed by atoms with Crippen LogP contribution in [0.5, 0.6) is 0 Å². The number of likely N-dealkylation sites (tertiary alicyclic amines) is 1. The molecule has 1 aromatic heterocycles. The molecule has 2 atom stereocenters. The summed E-state index contributed by atoms with van der Waals surface area (Å²) in [5.41, 5.74) is 2.89. The van der Waals surface area contributed by atoms with E-state index in [4.69, 9.17) is 9.15 Å². The van der Waals surface area contributed by atoms with E-state index < -0.39 is 17.5 Å². The number of hydrogen-bond donors (Lipinski definition) is 0. The average molecular weight is 447 g/mol. The Kier molecular flexibility index (Phi) is 6.40. The lowest BCUT2D eigenvalue weighted by Gasteiger charge is -2.32. The van der Waals surface area contributed by atoms with Gasteiger partial charge in [0.1, 0.15) is 17.8 Å². The van der Waals surface area contributed by atoms with Gasteiger partial charge in [0.25, 0.3) is 0 Å². The van der Waals surface area contributed by atoms with Crippen molar-refractivity contribution in [2.24, 2.45) is 5.92 Å². The van der Waals surface area contributed by atoms with Crippen molar-refractivity contribution in [1.82, 2.24) is 4.90 Å². The van der Waals surface area contributed by atoms with Crippen LogP contribution in [0.2, 0.25) is 0 Å². The van der Waals surface area contributed by atoms with Crippen LogP contribution in [0, 0.1) is 12.8 Å². The molecule has 0 radical (unpaired) electrons. The topological polar surface area (TPSA) is 93.9 Å². The second kappa shape index (κ2) is 9.40. The number of esters is 1. The van der Waals surface area contributed by atoms with E-state index >= 15 is 0 Å². The minimum Gasteiger partial charge on any atom is -0.469 e. The molecule has 7 nitrogen and oxygen atoms in total. The molecule has 0 aliphatic carbocycles. The van der Waals surface area contributed by atoms with Crippen LogP contribution in [0.15, 0.2) is 57.7 Å². The van der Waals surface area contributed by atoms with E-state index in [9.17, 15) is 19.2 Å². The fourth-order valence-corrected chi connectivity index (χ4v) is 4.48. The summed E-state index contributed by atoms with van der Waals surface area (Å²) in [5.74, 6) is -2.19. The maximum atomic E-state index is 13.2. The number of fused-ring (bicyclic) bond motifs is 1. The van der Waals surface area contributed by atoms with Crippen molar-refractivity contribution in [3.63, 3.8) is 0 Å². The highest BCUT2D eigenvalue weighted by Gasteiger charge is 2.33. The van der Waals surface area contributed by atoms with Crippen LogP contribution in [-0.2, 0) is 19.1 Å². The monoisotopic (exact) mass is 447 g/mol. The van der Waals surface area contributed by atoms with Gasteiger partial charge >= 0.3 is 11.6 Å². The molecule has 1 aliphatic heterocycles. The van der Waals surface area contributed by atoms with E-state index in [0.717, 1.165) is 16.7 Å². The highest BCUT2D eigenvalue weighted by atomic mass is 16.5. The zero-order valence-corrected chi connectivity index (χ0v) is 18.6. The standard InChI is InChI=1S/C26H25NO6/c1-16-6-3-4-8-19(16)21-13-24(29)33-23-12-17(9-10-20(21)23)22(15-28)25(30)27-11-5-7-18(14-27)26(31)32-2/h3-4,6,8-10,12-13,15,18,22H,5,7,11,14H2,1-2H3. The molecule has 3 aromatic rings. The molecule has 0 saturated carbocycles. The molecular formula is C26H25NO6. The van der Waals surface area contributed by atoms with E-state index in [-0.39, 0.29) is 18.4 Å². The summed E-state index contributed by atoms with van der Waals surface area (Å²) < 4.78 is 10.2. The molecule has 1 saturated heterocycles. The van der Waals surface area contributed by atoms with Crippen molar-refractivity contribution in [3.05, 3.63) is 70.1 Å². The lowest BCUT2D eigenvalue weighted by molar-refractivity contribution is -0.149. The number of piperidine rings is 1. The first-order chi connectivity index (χ1) is 15.9. The highest BCUT2D eigenvalue weighted by Crippen LogP contribution is 2.32. The number of aldehydes is 1. The molecule has 0 N–H and O–H groups in total. The van der Waals surface area contributed by atoms with E-state index in [2.05, 4.69) is 0 Å². The SMILES string of the molecule is COC(=O)C1CCCN(C(=O)C(C=O)c2ccc3c(-c4ccccc4C)cc(=O)oc3c2)C1. The van der Waals surface area contributed by atoms with Gasteiger partial charge in [0.05, 0.1) is 13.0 Å². The lowest BCUT2D eigenvalue weighted by Crippen LogP contribution is -2.44. The van der Waals surface area contributed by atoms with E-state index in [0.29, 0.717) is 42.2 Å². The first-order valence-electron chi connectivity index (χ1n) is 10.9. The fourth-order valence-electron chi connectivity index (χ4n) is 4.48. The van der Waals surface area contributed by atoms with E-state index in [1.807, 2.05) is 31.2 Å². The summed E-state index contributed by atoms with van der Waals surface area (Å²) >= 11 is 0. The van der Waals surface area contributed by atoms with Crippen molar-refractivity contribution < 1.29 is 23.5 Å². The van der Waals surface area contributed by atoms with Gasteiger partial charge < -0.3 is 18.8 Å². The van der Waals surface area contributed by atoms with Crippen molar-refractivity contribution in [1.29, 1.82) is 0 Å². The number of benzene rings is 2. The lowest BCUT2D eigenvalue weighted by atomic mass is 9.92. The quantitative estimate of drug-likeness (QED) is 0.257. The summed E-state index contributed by atoms with van der Waals surface area (Å²) in [6.45, 7) is 2.65. The van der Waals surface area contributed by atoms with Gasteiger partial charge in [-0.15, -0.1) is 0 Å². The molecule has 170 valence electrons. The van der Waals surface area contributed by atoms with Crippen LogP contribution in [0.25, 0.3) is 22.1 Å². The number of amides is 1. The predicted molar refractivity (Wildman–Crippen MR) is 123 cm³/mol. The molecule has 2 heterocycles. The second-order valence-corrected chi connectivity index (χ2v) is 8.31. The van der Waals surface area contributed by atoms with Crippen LogP contribution in [-0.4, -0.2) is 43.3 Å². The Hall–Kier alpha value is -3.74. The summed E-state index contributed by atoms with van der Waals surface area (Å²) in [6.07, 6.45) is 1.89. The summed E-state index contributed by atoms with van der Waals surface area (Å²) in [5, 5.41) is 0.716. The maximum Gasteiger partial charge on any atom is 0.336 e. The molecular weight excluding hydrogens is 422 g/mol. The minimum atomic E-state index is -1.06. The largest absolute Gasteiger partial charge is 0.469 e. The molecule has 1 fully saturated rings. The first-order valence-corrected chi connectivity index (χ1v) is 10.9. The Morgan fingerprint density at radius 3 is 2.67 bits per heavy atom. The highest BCUT2D eigenvalue weighted by molar-refractivity contribution is 6.00. The molecule has 0 bridgehead atoms. The Bertz CT molecular complexity index is 1280. The number of rotatable bonds is 5. The third kappa shape index (κ3) is 4.44. The van der Waals surface area contributed by atoms with Gasteiger partial charge in [0.15, 0.2) is 0 Å². The van der Waals surface area contributed by atoms with Crippen LogP contribution < -0.4 is 5.63 Å². The Labute approximate surface area is 191 Å². The van der Waals surface area contributed by atoms with Gasteiger partial charge in [-0.2, -0.15) is 0 Å². The summed E-state index contributed by atoms with van der Waals surface area (Å²) in [6, 6.07) is 14.2. The van der Waals surface area contributed by atoms with Gasteiger partial charge in [0, 0.05) is 30.1 Å². The number of carbonyl (C=O) groups excluding carboxylic acids is 3. The zero-order chi connectivity index (χ0) is 23.5. The second-order valence-electron chi connectivity index (χ2n) is 8.31. The van der Waals surface area contributed by atoms with Crippen LogP contribution in [0.4, 0.5) is 0 Å². The van der Waals surface area contributed by atoms with Gasteiger partial charge in [-0.05, 0) is 42.5 Å². The summed E-state index contributed by atoms with van der Waals surface area (Å²) in [7, 11) is 1.32. The Morgan fingerprint density at radius 2 is 1.94 bits per heavy atom. The molecule has 4 rings (SSSR count). The van der Waals surface area contributed by atoms with Gasteiger partial charge in [-0.1, -0.05) is 36.4 Å².